The molecule has 2 atom stereocenters. The zero-order chi connectivity index (χ0) is 16.7. The number of aryl methyl sites for hydroxylation is 1. The minimum Gasteiger partial charge on any atom is -0.481 e. The molecule has 22 heavy (non-hydrogen) atoms. The first-order valence-electron chi connectivity index (χ1n) is 7.69. The van der Waals surface area contributed by atoms with Gasteiger partial charge in [-0.05, 0) is 44.4 Å². The van der Waals surface area contributed by atoms with E-state index in [2.05, 4.69) is 10.9 Å². The molecule has 0 spiro atoms. The summed E-state index contributed by atoms with van der Waals surface area (Å²) in [4.78, 5) is 23.7. The maximum Gasteiger partial charge on any atom is 0.279 e. The molecule has 0 saturated carbocycles. The lowest BCUT2D eigenvalue weighted by Crippen LogP contribution is -2.48. The van der Waals surface area contributed by atoms with Crippen LogP contribution < -0.4 is 15.6 Å². The first-order chi connectivity index (χ1) is 10.4. The van der Waals surface area contributed by atoms with Gasteiger partial charge in [-0.1, -0.05) is 32.4 Å². The van der Waals surface area contributed by atoms with Gasteiger partial charge in [0, 0.05) is 5.92 Å². The lowest BCUT2D eigenvalue weighted by atomic mass is 10.1. The van der Waals surface area contributed by atoms with Crippen molar-refractivity contribution in [1.82, 2.24) is 10.9 Å². The molecule has 0 radical (unpaired) electrons. The lowest BCUT2D eigenvalue weighted by Gasteiger charge is -2.18. The van der Waals surface area contributed by atoms with Gasteiger partial charge in [0.1, 0.15) is 5.75 Å². The molecule has 0 fully saturated rings. The van der Waals surface area contributed by atoms with Crippen LogP contribution in [0.15, 0.2) is 18.2 Å². The van der Waals surface area contributed by atoms with Gasteiger partial charge in [-0.25, -0.2) is 0 Å². The third kappa shape index (κ3) is 5.06. The second kappa shape index (κ2) is 8.41. The topological polar surface area (TPSA) is 67.4 Å². The minimum atomic E-state index is -0.692. The quantitative estimate of drug-likeness (QED) is 0.794. The summed E-state index contributed by atoms with van der Waals surface area (Å²) in [6.07, 6.45) is 1.02. The molecule has 0 bridgehead atoms. The highest BCUT2D eigenvalue weighted by atomic mass is 16.5. The summed E-state index contributed by atoms with van der Waals surface area (Å²) in [5.41, 5.74) is 6.96. The van der Waals surface area contributed by atoms with Crippen molar-refractivity contribution in [3.63, 3.8) is 0 Å². The summed E-state index contributed by atoms with van der Waals surface area (Å²) < 4.78 is 5.66. The Kier molecular flexibility index (Phi) is 6.89. The van der Waals surface area contributed by atoms with Crippen molar-refractivity contribution in [1.29, 1.82) is 0 Å². The Hall–Kier alpha value is -2.04. The van der Waals surface area contributed by atoms with Crippen LogP contribution in [-0.2, 0) is 9.59 Å². The fourth-order valence-electron chi connectivity index (χ4n) is 2.01. The van der Waals surface area contributed by atoms with Crippen LogP contribution >= 0.6 is 0 Å². The van der Waals surface area contributed by atoms with Crippen LogP contribution in [0.1, 0.15) is 44.7 Å². The maximum absolute atomic E-state index is 12.0. The Bertz CT molecular complexity index is 529. The van der Waals surface area contributed by atoms with Gasteiger partial charge in [-0.3, -0.25) is 20.4 Å². The molecular formula is C17H26N2O3. The number of nitrogens with one attached hydrogen (secondary N) is 2. The van der Waals surface area contributed by atoms with Crippen molar-refractivity contribution in [3.8, 4) is 5.75 Å². The van der Waals surface area contributed by atoms with Gasteiger partial charge >= 0.3 is 0 Å². The second-order valence-corrected chi connectivity index (χ2v) is 5.63. The van der Waals surface area contributed by atoms with Gasteiger partial charge in [0.2, 0.25) is 5.91 Å². The molecule has 122 valence electrons. The molecule has 1 aromatic rings. The largest absolute Gasteiger partial charge is 0.481 e. The van der Waals surface area contributed by atoms with E-state index in [0.717, 1.165) is 24.0 Å². The van der Waals surface area contributed by atoms with Crippen LogP contribution in [0.4, 0.5) is 0 Å². The first-order valence-corrected chi connectivity index (χ1v) is 7.69. The van der Waals surface area contributed by atoms with E-state index < -0.39 is 6.10 Å². The zero-order valence-electron chi connectivity index (χ0n) is 14.0. The van der Waals surface area contributed by atoms with E-state index in [1.165, 1.54) is 0 Å². The van der Waals surface area contributed by atoms with Crippen LogP contribution in [0.25, 0.3) is 0 Å². The maximum atomic E-state index is 12.0. The Morgan fingerprint density at radius 3 is 2.41 bits per heavy atom. The van der Waals surface area contributed by atoms with Crippen molar-refractivity contribution < 1.29 is 14.3 Å². The molecular weight excluding hydrogens is 280 g/mol. The van der Waals surface area contributed by atoms with Gasteiger partial charge in [-0.15, -0.1) is 0 Å². The predicted octanol–water partition coefficient (Wildman–Crippen LogP) is 2.65. The van der Waals surface area contributed by atoms with E-state index in [4.69, 9.17) is 4.74 Å². The first kappa shape index (κ1) is 18.0. The normalized spacial score (nSPS) is 13.1. The van der Waals surface area contributed by atoms with Gasteiger partial charge in [-0.2, -0.15) is 0 Å². The number of hydrazine groups is 1. The fraction of sp³-hybridized carbons (Fsp3) is 0.529. The molecule has 2 N–H and O–H groups in total. The number of hydrogen-bond acceptors (Lipinski definition) is 3. The Morgan fingerprint density at radius 2 is 1.77 bits per heavy atom. The molecule has 0 aliphatic rings. The van der Waals surface area contributed by atoms with Crippen molar-refractivity contribution in [2.45, 2.75) is 53.6 Å². The highest BCUT2D eigenvalue weighted by Gasteiger charge is 2.18. The molecule has 2 amide bonds. The molecule has 0 aromatic heterocycles. The number of carbonyl (C=O) groups is 2. The molecule has 1 rings (SSSR count). The average molecular weight is 306 g/mol. The smallest absolute Gasteiger partial charge is 0.279 e. The summed E-state index contributed by atoms with van der Waals surface area (Å²) in [6.45, 7) is 9.44. The Balaban J connectivity index is 2.52. The molecule has 0 aliphatic heterocycles. The predicted molar refractivity (Wildman–Crippen MR) is 86.4 cm³/mol. The van der Waals surface area contributed by atoms with Crippen LogP contribution in [0.5, 0.6) is 5.75 Å². The number of amides is 2. The summed E-state index contributed by atoms with van der Waals surface area (Å²) in [5, 5.41) is 0. The van der Waals surface area contributed by atoms with E-state index >= 15 is 0 Å². The average Bonchev–Trinajstić information content (AvgIpc) is 2.49. The van der Waals surface area contributed by atoms with Gasteiger partial charge in [0.25, 0.3) is 5.91 Å². The monoisotopic (exact) mass is 306 g/mol. The van der Waals surface area contributed by atoms with Gasteiger partial charge < -0.3 is 4.74 Å². The third-order valence-electron chi connectivity index (χ3n) is 3.71. The lowest BCUT2D eigenvalue weighted by molar-refractivity contribution is -0.134. The number of rotatable bonds is 6. The van der Waals surface area contributed by atoms with Crippen LogP contribution in [-0.4, -0.2) is 17.9 Å². The van der Waals surface area contributed by atoms with Crippen molar-refractivity contribution in [3.05, 3.63) is 29.3 Å². The summed E-state index contributed by atoms with van der Waals surface area (Å²) >= 11 is 0. The zero-order valence-corrected chi connectivity index (χ0v) is 14.0. The van der Waals surface area contributed by atoms with Gasteiger partial charge in [0.15, 0.2) is 6.10 Å². The number of ether oxygens (including phenoxy) is 1. The van der Waals surface area contributed by atoms with Crippen molar-refractivity contribution >= 4 is 11.8 Å². The Labute approximate surface area is 132 Å². The van der Waals surface area contributed by atoms with Crippen LogP contribution in [0.2, 0.25) is 0 Å². The van der Waals surface area contributed by atoms with E-state index in [9.17, 15) is 9.59 Å². The van der Waals surface area contributed by atoms with Crippen molar-refractivity contribution in [2.24, 2.45) is 5.92 Å². The number of benzene rings is 1. The second-order valence-electron chi connectivity index (χ2n) is 5.63. The van der Waals surface area contributed by atoms with Gasteiger partial charge in [0.05, 0.1) is 0 Å². The van der Waals surface area contributed by atoms with E-state index in [-0.39, 0.29) is 17.7 Å². The number of carbonyl (C=O) groups excluding carboxylic acids is 2. The molecule has 0 heterocycles. The summed E-state index contributed by atoms with van der Waals surface area (Å²) in [7, 11) is 0. The highest BCUT2D eigenvalue weighted by molar-refractivity contribution is 5.85. The molecule has 0 aliphatic carbocycles. The van der Waals surface area contributed by atoms with E-state index in [0.29, 0.717) is 5.75 Å². The molecule has 0 saturated heterocycles. The van der Waals surface area contributed by atoms with Crippen LogP contribution in [0.3, 0.4) is 0 Å². The summed E-state index contributed by atoms with van der Waals surface area (Å²) in [5.74, 6) is -0.0130. The fourth-order valence-corrected chi connectivity index (χ4v) is 2.01. The molecule has 5 heteroatoms. The number of hydrogen-bond donors (Lipinski definition) is 2. The summed E-state index contributed by atoms with van der Waals surface area (Å²) in [6, 6.07) is 5.70. The van der Waals surface area contributed by atoms with Crippen LogP contribution in [0, 0.1) is 19.8 Å². The Morgan fingerprint density at radius 1 is 1.14 bits per heavy atom. The third-order valence-corrected chi connectivity index (χ3v) is 3.71. The van der Waals surface area contributed by atoms with E-state index in [1.807, 2.05) is 45.9 Å². The molecule has 5 nitrogen and oxygen atoms in total. The van der Waals surface area contributed by atoms with Crippen molar-refractivity contribution in [2.75, 3.05) is 0 Å². The SMILES string of the molecule is CCCC(C)C(=O)NNC(=O)C(C)Oc1cccc(C)c1C. The standard InChI is InChI=1S/C17H26N2O3/c1-6-8-12(3)16(20)18-19-17(21)14(5)22-15-10-7-9-11(2)13(15)4/h7,9-10,12,14H,6,8H2,1-5H3,(H,18,20)(H,19,21). The molecule has 2 unspecified atom stereocenters. The highest BCUT2D eigenvalue weighted by Crippen LogP contribution is 2.21. The molecule has 1 aromatic carbocycles. The minimum absolute atomic E-state index is 0.124. The van der Waals surface area contributed by atoms with E-state index in [1.54, 1.807) is 6.92 Å².